The molecule has 0 radical (unpaired) electrons. The highest BCUT2D eigenvalue weighted by Crippen LogP contribution is 2.33. The topological polar surface area (TPSA) is 35.2 Å². The molecule has 0 bridgehead atoms. The first-order valence-corrected chi connectivity index (χ1v) is 6.69. The maximum Gasteiger partial charge on any atom is 0.123 e. The number of anilines is 1. The van der Waals surface area contributed by atoms with Crippen LogP contribution in [0.5, 0.6) is 5.75 Å². The zero-order valence-electron chi connectivity index (χ0n) is 9.63. The van der Waals surface area contributed by atoms with Crippen LogP contribution in [0.25, 0.3) is 0 Å². The van der Waals surface area contributed by atoms with Crippen molar-refractivity contribution in [1.82, 2.24) is 0 Å². The van der Waals surface area contributed by atoms with Crippen LogP contribution >= 0.6 is 15.9 Å². The summed E-state index contributed by atoms with van der Waals surface area (Å²) >= 11 is 3.49. The average molecular weight is 284 g/mol. The molecule has 0 unspecified atom stereocenters. The third-order valence-corrected chi connectivity index (χ3v) is 4.26. The van der Waals surface area contributed by atoms with Crippen molar-refractivity contribution < 1.29 is 4.74 Å². The van der Waals surface area contributed by atoms with E-state index in [1.165, 1.54) is 32.1 Å². The van der Waals surface area contributed by atoms with Crippen molar-refractivity contribution in [3.63, 3.8) is 0 Å². The Balaban J connectivity index is 2.11. The van der Waals surface area contributed by atoms with Gasteiger partial charge in [-0.1, -0.05) is 6.42 Å². The van der Waals surface area contributed by atoms with Gasteiger partial charge in [0.05, 0.1) is 6.10 Å². The number of benzene rings is 1. The Labute approximate surface area is 105 Å². The van der Waals surface area contributed by atoms with E-state index in [4.69, 9.17) is 10.5 Å². The van der Waals surface area contributed by atoms with Gasteiger partial charge in [-0.15, -0.1) is 0 Å². The summed E-state index contributed by atoms with van der Waals surface area (Å²) in [5.41, 5.74) is 7.69. The maximum atomic E-state index is 6.04. The van der Waals surface area contributed by atoms with Crippen LogP contribution in [0.15, 0.2) is 16.6 Å². The summed E-state index contributed by atoms with van der Waals surface area (Å²) in [6, 6.07) is 3.87. The van der Waals surface area contributed by atoms with Crippen LogP contribution in [-0.2, 0) is 0 Å². The van der Waals surface area contributed by atoms with Gasteiger partial charge in [0.2, 0.25) is 0 Å². The van der Waals surface area contributed by atoms with Crippen LogP contribution in [0, 0.1) is 6.92 Å². The fraction of sp³-hybridized carbons (Fsp3) is 0.538. The summed E-state index contributed by atoms with van der Waals surface area (Å²) in [6.45, 7) is 2.04. The highest BCUT2D eigenvalue weighted by atomic mass is 79.9. The van der Waals surface area contributed by atoms with E-state index in [-0.39, 0.29) is 0 Å². The average Bonchev–Trinajstić information content (AvgIpc) is 2.31. The molecule has 0 atom stereocenters. The predicted octanol–water partition coefficient (Wildman–Crippen LogP) is 4.05. The first-order chi connectivity index (χ1) is 7.68. The Morgan fingerprint density at radius 3 is 2.62 bits per heavy atom. The molecule has 2 rings (SSSR count). The van der Waals surface area contributed by atoms with Gasteiger partial charge in [-0.3, -0.25) is 0 Å². The molecule has 16 heavy (non-hydrogen) atoms. The Morgan fingerprint density at radius 2 is 1.94 bits per heavy atom. The van der Waals surface area contributed by atoms with Crippen LogP contribution in [-0.4, -0.2) is 6.10 Å². The highest BCUT2D eigenvalue weighted by Gasteiger charge is 2.16. The summed E-state index contributed by atoms with van der Waals surface area (Å²) in [4.78, 5) is 0. The second-order valence-corrected chi connectivity index (χ2v) is 5.26. The second-order valence-electron chi connectivity index (χ2n) is 4.47. The maximum absolute atomic E-state index is 6.04. The van der Waals surface area contributed by atoms with Crippen molar-refractivity contribution in [1.29, 1.82) is 0 Å². The van der Waals surface area contributed by atoms with Crippen molar-refractivity contribution >= 4 is 21.6 Å². The molecule has 2 N–H and O–H groups in total. The van der Waals surface area contributed by atoms with Crippen LogP contribution in [0.2, 0.25) is 0 Å². The minimum Gasteiger partial charge on any atom is -0.490 e. The largest absolute Gasteiger partial charge is 0.490 e. The molecule has 2 nitrogen and oxygen atoms in total. The van der Waals surface area contributed by atoms with Crippen LogP contribution in [0.3, 0.4) is 0 Å². The van der Waals surface area contributed by atoms with E-state index in [1.54, 1.807) is 0 Å². The Bertz CT molecular complexity index is 372. The van der Waals surface area contributed by atoms with E-state index in [2.05, 4.69) is 15.9 Å². The molecule has 88 valence electrons. The summed E-state index contributed by atoms with van der Waals surface area (Å²) in [6.07, 6.45) is 6.69. The lowest BCUT2D eigenvalue weighted by Crippen LogP contribution is -2.20. The molecule has 0 spiro atoms. The molecule has 1 aliphatic rings. The van der Waals surface area contributed by atoms with Crippen LogP contribution in [0.1, 0.15) is 37.7 Å². The highest BCUT2D eigenvalue weighted by molar-refractivity contribution is 9.10. The molecule has 0 aliphatic heterocycles. The Morgan fingerprint density at radius 1 is 1.25 bits per heavy atom. The van der Waals surface area contributed by atoms with Gasteiger partial charge in [-0.05, 0) is 60.7 Å². The van der Waals surface area contributed by atoms with Crippen molar-refractivity contribution in [2.75, 3.05) is 5.73 Å². The lowest BCUT2D eigenvalue weighted by atomic mass is 9.98. The summed E-state index contributed by atoms with van der Waals surface area (Å²) in [7, 11) is 0. The Hall–Kier alpha value is -0.700. The van der Waals surface area contributed by atoms with Gasteiger partial charge in [0, 0.05) is 15.7 Å². The number of hydrogen-bond donors (Lipinski definition) is 1. The zero-order valence-corrected chi connectivity index (χ0v) is 11.2. The molecule has 1 fully saturated rings. The SMILES string of the molecule is Cc1c(OC2CCCCC2)ccc(N)c1Br. The number of hydrogen-bond acceptors (Lipinski definition) is 2. The van der Waals surface area contributed by atoms with Gasteiger partial charge in [-0.25, -0.2) is 0 Å². The van der Waals surface area contributed by atoms with E-state index in [0.717, 1.165) is 21.5 Å². The minimum atomic E-state index is 0.392. The molecular weight excluding hydrogens is 266 g/mol. The van der Waals surface area contributed by atoms with E-state index in [9.17, 15) is 0 Å². The van der Waals surface area contributed by atoms with Gasteiger partial charge in [-0.2, -0.15) is 0 Å². The van der Waals surface area contributed by atoms with E-state index in [0.29, 0.717) is 6.10 Å². The molecule has 1 aliphatic carbocycles. The third kappa shape index (κ3) is 2.51. The fourth-order valence-electron chi connectivity index (χ4n) is 2.18. The van der Waals surface area contributed by atoms with Gasteiger partial charge in [0.25, 0.3) is 0 Å². The predicted molar refractivity (Wildman–Crippen MR) is 70.8 cm³/mol. The summed E-state index contributed by atoms with van der Waals surface area (Å²) in [5.74, 6) is 0.966. The monoisotopic (exact) mass is 283 g/mol. The standard InChI is InChI=1S/C13H18BrNO/c1-9-12(8-7-11(15)13(9)14)16-10-5-3-2-4-6-10/h7-8,10H,2-6,15H2,1H3. The molecular formula is C13H18BrNO. The normalized spacial score (nSPS) is 17.4. The van der Waals surface area contributed by atoms with Gasteiger partial charge in [0.15, 0.2) is 0 Å². The van der Waals surface area contributed by atoms with E-state index < -0.39 is 0 Å². The first kappa shape index (κ1) is 11.8. The van der Waals surface area contributed by atoms with Crippen molar-refractivity contribution in [2.24, 2.45) is 0 Å². The molecule has 1 saturated carbocycles. The molecule has 0 heterocycles. The lowest BCUT2D eigenvalue weighted by molar-refractivity contribution is 0.154. The first-order valence-electron chi connectivity index (χ1n) is 5.89. The second kappa shape index (κ2) is 5.09. The number of halogens is 1. The molecule has 0 amide bonds. The third-order valence-electron chi connectivity index (χ3n) is 3.21. The van der Waals surface area contributed by atoms with Gasteiger partial charge >= 0.3 is 0 Å². The van der Waals surface area contributed by atoms with Crippen LogP contribution in [0.4, 0.5) is 5.69 Å². The fourth-order valence-corrected chi connectivity index (χ4v) is 2.51. The smallest absolute Gasteiger partial charge is 0.123 e. The number of rotatable bonds is 2. The van der Waals surface area contributed by atoms with Gasteiger partial charge < -0.3 is 10.5 Å². The molecule has 1 aromatic carbocycles. The van der Waals surface area contributed by atoms with Crippen LogP contribution < -0.4 is 10.5 Å². The van der Waals surface area contributed by atoms with Crippen molar-refractivity contribution in [3.05, 3.63) is 22.2 Å². The quantitative estimate of drug-likeness (QED) is 0.831. The number of nitrogens with two attached hydrogens (primary N) is 1. The lowest BCUT2D eigenvalue weighted by Gasteiger charge is -2.24. The Kier molecular flexibility index (Phi) is 3.74. The molecule has 0 aromatic heterocycles. The molecule has 1 aromatic rings. The molecule has 3 heteroatoms. The summed E-state index contributed by atoms with van der Waals surface area (Å²) in [5, 5.41) is 0. The van der Waals surface area contributed by atoms with E-state index >= 15 is 0 Å². The molecule has 0 saturated heterocycles. The number of nitrogen functional groups attached to an aromatic ring is 1. The van der Waals surface area contributed by atoms with Crippen molar-refractivity contribution in [2.45, 2.75) is 45.1 Å². The van der Waals surface area contributed by atoms with E-state index in [1.807, 2.05) is 19.1 Å². The van der Waals surface area contributed by atoms with Gasteiger partial charge in [0.1, 0.15) is 5.75 Å². The zero-order chi connectivity index (χ0) is 11.5. The van der Waals surface area contributed by atoms with Crippen molar-refractivity contribution in [3.8, 4) is 5.75 Å². The minimum absolute atomic E-state index is 0.392. The summed E-state index contributed by atoms with van der Waals surface area (Å²) < 4.78 is 7.00. The number of ether oxygens (including phenoxy) is 1.